The zero-order chi connectivity index (χ0) is 15.2. The van der Waals surface area contributed by atoms with Gasteiger partial charge in [0.05, 0.1) is 0 Å². The smallest absolute Gasteiger partial charge is 0.0313 e. The van der Waals surface area contributed by atoms with E-state index in [1.165, 1.54) is 62.9 Å². The van der Waals surface area contributed by atoms with Gasteiger partial charge in [-0.2, -0.15) is 0 Å². The molecule has 2 heterocycles. The molecular formula is C19H27NOS. The Kier molecular flexibility index (Phi) is 3.69. The van der Waals surface area contributed by atoms with Gasteiger partial charge in [0.15, 0.2) is 0 Å². The van der Waals surface area contributed by atoms with Gasteiger partial charge in [-0.05, 0) is 61.7 Å². The van der Waals surface area contributed by atoms with Gasteiger partial charge in [-0.15, -0.1) is 0 Å². The van der Waals surface area contributed by atoms with Gasteiger partial charge < -0.3 is 4.90 Å². The first-order valence-corrected chi connectivity index (χ1v) is 10.2. The van der Waals surface area contributed by atoms with Crippen LogP contribution in [0.5, 0.6) is 0 Å². The maximum Gasteiger partial charge on any atom is 0.0313 e. The minimum atomic E-state index is -0.503. The summed E-state index contributed by atoms with van der Waals surface area (Å²) < 4.78 is 11.4. The van der Waals surface area contributed by atoms with E-state index in [1.54, 1.807) is 0 Å². The van der Waals surface area contributed by atoms with E-state index < -0.39 is 10.8 Å². The van der Waals surface area contributed by atoms with E-state index in [1.807, 2.05) is 0 Å². The molecule has 0 amide bonds. The molecule has 1 saturated carbocycles. The summed E-state index contributed by atoms with van der Waals surface area (Å²) >= 11 is 0. The van der Waals surface area contributed by atoms with Crippen LogP contribution in [0.4, 0.5) is 0 Å². The molecule has 3 fully saturated rings. The molecule has 0 radical (unpaired) electrons. The third-order valence-corrected chi connectivity index (χ3v) is 7.91. The van der Waals surface area contributed by atoms with E-state index in [0.29, 0.717) is 10.8 Å². The highest BCUT2D eigenvalue weighted by molar-refractivity contribution is 7.86. The van der Waals surface area contributed by atoms with Gasteiger partial charge in [0.2, 0.25) is 0 Å². The van der Waals surface area contributed by atoms with E-state index in [-0.39, 0.29) is 0 Å². The number of nitrogens with zero attached hydrogens (tertiary/aromatic N) is 1. The fourth-order valence-corrected chi connectivity index (χ4v) is 5.90. The number of hydrogen-bond donors (Lipinski definition) is 0. The lowest BCUT2D eigenvalue weighted by Gasteiger charge is -2.37. The third-order valence-electron chi connectivity index (χ3n) is 6.04. The molecule has 0 N–H and O–H groups in total. The van der Waals surface area contributed by atoms with Crippen molar-refractivity contribution >= 4 is 10.8 Å². The first-order chi connectivity index (χ1) is 10.6. The Balaban J connectivity index is 1.23. The van der Waals surface area contributed by atoms with Crippen LogP contribution in [-0.4, -0.2) is 40.2 Å². The Hall–Kier alpha value is -0.670. The Morgan fingerprint density at radius 1 is 1.14 bits per heavy atom. The quantitative estimate of drug-likeness (QED) is 0.831. The highest BCUT2D eigenvalue weighted by atomic mass is 32.2. The normalized spacial score (nSPS) is 33.0. The molecule has 1 aromatic rings. The summed E-state index contributed by atoms with van der Waals surface area (Å²) in [4.78, 5) is 2.59. The van der Waals surface area contributed by atoms with Crippen molar-refractivity contribution in [3.63, 3.8) is 0 Å². The van der Waals surface area contributed by atoms with Crippen molar-refractivity contribution in [3.05, 3.63) is 35.4 Å². The molecule has 0 unspecified atom stereocenters. The molecule has 4 rings (SSSR count). The minimum Gasteiger partial charge on any atom is -0.303 e. The van der Waals surface area contributed by atoms with Crippen LogP contribution < -0.4 is 0 Å². The van der Waals surface area contributed by atoms with E-state index in [9.17, 15) is 4.21 Å². The second-order valence-corrected chi connectivity index (χ2v) is 9.57. The maximum atomic E-state index is 11.4. The topological polar surface area (TPSA) is 20.3 Å². The highest BCUT2D eigenvalue weighted by Crippen LogP contribution is 2.47. The molecule has 0 atom stereocenters. The molecule has 1 aliphatic carbocycles. The Morgan fingerprint density at radius 3 is 2.50 bits per heavy atom. The fraction of sp³-hybridized carbons (Fsp3) is 0.684. The molecule has 0 bridgehead atoms. The molecule has 1 spiro atoms. The average Bonchev–Trinajstić information content (AvgIpc) is 3.09. The Bertz CT molecular complexity index is 568. The molecule has 3 aliphatic rings. The van der Waals surface area contributed by atoms with Crippen LogP contribution in [0.3, 0.4) is 0 Å². The maximum absolute atomic E-state index is 11.4. The van der Waals surface area contributed by atoms with E-state index >= 15 is 0 Å². The summed E-state index contributed by atoms with van der Waals surface area (Å²) in [7, 11) is -0.503. The van der Waals surface area contributed by atoms with Gasteiger partial charge in [0, 0.05) is 34.3 Å². The van der Waals surface area contributed by atoms with Crippen molar-refractivity contribution in [3.8, 4) is 0 Å². The number of rotatable bonds is 5. The average molecular weight is 317 g/mol. The SMILES string of the molecule is CC1(c2ccc(CCCN3CCC4(C3)CS(=O)C4)cc2)CC1. The van der Waals surface area contributed by atoms with Crippen LogP contribution in [0.15, 0.2) is 24.3 Å². The van der Waals surface area contributed by atoms with Crippen LogP contribution >= 0.6 is 0 Å². The van der Waals surface area contributed by atoms with Crippen LogP contribution in [0.1, 0.15) is 43.7 Å². The molecule has 2 saturated heterocycles. The largest absolute Gasteiger partial charge is 0.303 e. The second-order valence-electron chi connectivity index (χ2n) is 8.12. The van der Waals surface area contributed by atoms with E-state index in [4.69, 9.17) is 0 Å². The van der Waals surface area contributed by atoms with Crippen LogP contribution in [0.25, 0.3) is 0 Å². The Labute approximate surface area is 136 Å². The lowest BCUT2D eigenvalue weighted by molar-refractivity contribution is 0.282. The minimum absolute atomic E-state index is 0.437. The Morgan fingerprint density at radius 2 is 1.86 bits per heavy atom. The summed E-state index contributed by atoms with van der Waals surface area (Å²) in [5.41, 5.74) is 3.93. The summed E-state index contributed by atoms with van der Waals surface area (Å²) in [5, 5.41) is 0. The molecular weight excluding hydrogens is 290 g/mol. The van der Waals surface area contributed by atoms with Gasteiger partial charge in [-0.25, -0.2) is 0 Å². The summed E-state index contributed by atoms with van der Waals surface area (Å²) in [5.74, 6) is 1.92. The zero-order valence-electron chi connectivity index (χ0n) is 13.6. The number of benzene rings is 1. The lowest BCUT2D eigenvalue weighted by atomic mass is 9.91. The van der Waals surface area contributed by atoms with Crippen molar-refractivity contribution in [2.24, 2.45) is 5.41 Å². The predicted molar refractivity (Wildman–Crippen MR) is 92.7 cm³/mol. The molecule has 120 valence electrons. The summed E-state index contributed by atoms with van der Waals surface area (Å²) in [6.07, 6.45) is 6.41. The summed E-state index contributed by atoms with van der Waals surface area (Å²) in [6.45, 7) is 5.98. The van der Waals surface area contributed by atoms with Crippen LogP contribution in [0, 0.1) is 5.41 Å². The van der Waals surface area contributed by atoms with Gasteiger partial charge in [-0.1, -0.05) is 31.2 Å². The van der Waals surface area contributed by atoms with Gasteiger partial charge in [-0.3, -0.25) is 4.21 Å². The molecule has 3 heteroatoms. The van der Waals surface area contributed by atoms with Gasteiger partial charge in [0.1, 0.15) is 0 Å². The van der Waals surface area contributed by atoms with E-state index in [0.717, 1.165) is 11.5 Å². The number of aryl methyl sites for hydroxylation is 1. The van der Waals surface area contributed by atoms with Crippen molar-refractivity contribution in [1.29, 1.82) is 0 Å². The van der Waals surface area contributed by atoms with Crippen molar-refractivity contribution < 1.29 is 4.21 Å². The molecule has 1 aromatic carbocycles. The van der Waals surface area contributed by atoms with Crippen LogP contribution in [-0.2, 0) is 22.6 Å². The lowest BCUT2D eigenvalue weighted by Crippen LogP contribution is -2.46. The first kappa shape index (κ1) is 14.9. The molecule has 22 heavy (non-hydrogen) atoms. The van der Waals surface area contributed by atoms with Crippen molar-refractivity contribution in [2.45, 2.75) is 44.4 Å². The first-order valence-electron chi connectivity index (χ1n) is 8.74. The van der Waals surface area contributed by atoms with Gasteiger partial charge in [0.25, 0.3) is 0 Å². The number of hydrogen-bond acceptors (Lipinski definition) is 2. The fourth-order valence-electron chi connectivity index (χ4n) is 4.15. The zero-order valence-corrected chi connectivity index (χ0v) is 14.5. The monoisotopic (exact) mass is 317 g/mol. The molecule has 2 aliphatic heterocycles. The molecule has 0 aromatic heterocycles. The standard InChI is InChI=1S/C19H27NOS/c1-18(8-9-18)17-6-4-16(5-7-17)3-2-11-20-12-10-19(13-20)14-22(21)15-19/h4-7H,2-3,8-15H2,1H3. The van der Waals surface area contributed by atoms with Crippen molar-refractivity contribution in [2.75, 3.05) is 31.1 Å². The van der Waals surface area contributed by atoms with E-state index in [2.05, 4.69) is 36.1 Å². The number of likely N-dealkylation sites (tertiary alicyclic amines) is 1. The van der Waals surface area contributed by atoms with Gasteiger partial charge >= 0.3 is 0 Å². The summed E-state index contributed by atoms with van der Waals surface area (Å²) in [6, 6.07) is 9.35. The third kappa shape index (κ3) is 2.90. The highest BCUT2D eigenvalue weighted by Gasteiger charge is 2.47. The van der Waals surface area contributed by atoms with Crippen molar-refractivity contribution in [1.82, 2.24) is 4.90 Å². The second kappa shape index (κ2) is 5.45. The van der Waals surface area contributed by atoms with Crippen LogP contribution in [0.2, 0.25) is 0 Å². The molecule has 2 nitrogen and oxygen atoms in total. The predicted octanol–water partition coefficient (Wildman–Crippen LogP) is 3.13.